The summed E-state index contributed by atoms with van der Waals surface area (Å²) in [5.41, 5.74) is -0.694. The van der Waals surface area contributed by atoms with E-state index in [1.54, 1.807) is 0 Å². The second-order valence-electron chi connectivity index (χ2n) is 0.574. The van der Waals surface area contributed by atoms with Gasteiger partial charge in [-0.2, -0.15) is 0 Å². The molecule has 0 aliphatic rings. The Balaban J connectivity index is 0. The molecular formula is C2H5ClNaO. The van der Waals surface area contributed by atoms with Crippen molar-refractivity contribution in [3.63, 3.8) is 0 Å². The molecule has 0 aromatic carbocycles. The summed E-state index contributed by atoms with van der Waals surface area (Å²) < 4.78 is 0. The van der Waals surface area contributed by atoms with Gasteiger partial charge in [-0.3, -0.25) is 0 Å². The van der Waals surface area contributed by atoms with Crippen molar-refractivity contribution < 1.29 is 5.11 Å². The quantitative estimate of drug-likeness (QED) is 0.343. The summed E-state index contributed by atoms with van der Waals surface area (Å²) in [4.78, 5) is 0. The molecule has 1 nitrogen and oxygen atoms in total. The molecule has 0 bridgehead atoms. The number of hydrogen-bond donors (Lipinski definition) is 1. The number of alkyl halides is 1. The van der Waals surface area contributed by atoms with Gasteiger partial charge in [-0.25, -0.2) is 0 Å². The second-order valence-corrected chi connectivity index (χ2v) is 1.21. The van der Waals surface area contributed by atoms with Gasteiger partial charge in [-0.15, -0.1) is 0 Å². The molecular weight excluding hydrogens is 98.5 g/mol. The summed E-state index contributed by atoms with van der Waals surface area (Å²) in [6, 6.07) is 0. The van der Waals surface area contributed by atoms with Crippen LogP contribution in [-0.4, -0.2) is 40.2 Å². The van der Waals surface area contributed by atoms with Gasteiger partial charge in [0, 0.05) is 29.6 Å². The van der Waals surface area contributed by atoms with E-state index >= 15 is 0 Å². The van der Waals surface area contributed by atoms with Crippen molar-refractivity contribution in [1.82, 2.24) is 0 Å². The molecule has 0 aromatic rings. The van der Waals surface area contributed by atoms with E-state index in [0.29, 0.717) is 0 Å². The van der Waals surface area contributed by atoms with Crippen LogP contribution < -0.4 is 0 Å². The first-order chi connectivity index (χ1) is 1.73. The predicted molar refractivity (Wildman–Crippen MR) is 23.3 cm³/mol. The molecule has 0 saturated heterocycles. The second kappa shape index (κ2) is 5.25. The minimum absolute atomic E-state index is 0. The Morgan fingerprint density at radius 3 is 1.80 bits per heavy atom. The van der Waals surface area contributed by atoms with Crippen molar-refractivity contribution >= 4 is 41.2 Å². The monoisotopic (exact) mass is 103 g/mol. The molecule has 1 unspecified atom stereocenters. The number of aliphatic hydroxyl groups is 1. The van der Waals surface area contributed by atoms with Crippen LogP contribution in [0.25, 0.3) is 0 Å². The molecule has 0 rings (SSSR count). The summed E-state index contributed by atoms with van der Waals surface area (Å²) in [5.74, 6) is 0. The van der Waals surface area contributed by atoms with E-state index in [9.17, 15) is 0 Å². The van der Waals surface area contributed by atoms with E-state index in [1.807, 2.05) is 0 Å². The number of halogens is 1. The summed E-state index contributed by atoms with van der Waals surface area (Å²) in [5, 5.41) is 7.82. The molecule has 1 atom stereocenters. The van der Waals surface area contributed by atoms with E-state index in [-0.39, 0.29) is 29.6 Å². The maximum atomic E-state index is 7.82. The zero-order chi connectivity index (χ0) is 3.58. The van der Waals surface area contributed by atoms with Crippen LogP contribution in [0.1, 0.15) is 6.92 Å². The summed E-state index contributed by atoms with van der Waals surface area (Å²) >= 11 is 4.83. The molecule has 1 radical (unpaired) electrons. The van der Waals surface area contributed by atoms with Crippen molar-refractivity contribution in [1.29, 1.82) is 0 Å². The van der Waals surface area contributed by atoms with E-state index in [4.69, 9.17) is 16.7 Å². The topological polar surface area (TPSA) is 20.2 Å². The average Bonchev–Trinajstić information content (AvgIpc) is 0.811. The van der Waals surface area contributed by atoms with Gasteiger partial charge in [-0.05, 0) is 6.92 Å². The van der Waals surface area contributed by atoms with E-state index < -0.39 is 5.56 Å². The Bertz CT molecular complexity index is 14.4. The van der Waals surface area contributed by atoms with Crippen LogP contribution in [0, 0.1) is 0 Å². The number of aliphatic hydroxyl groups excluding tert-OH is 1. The van der Waals surface area contributed by atoms with Gasteiger partial charge in [0.05, 0.1) is 0 Å². The Morgan fingerprint density at radius 2 is 1.80 bits per heavy atom. The van der Waals surface area contributed by atoms with Crippen LogP contribution in [0.4, 0.5) is 0 Å². The van der Waals surface area contributed by atoms with Gasteiger partial charge < -0.3 is 5.11 Å². The molecule has 27 valence electrons. The molecule has 3 heteroatoms. The molecule has 0 saturated carbocycles. The molecule has 0 aliphatic heterocycles. The summed E-state index contributed by atoms with van der Waals surface area (Å²) in [6.45, 7) is 1.49. The molecule has 0 aliphatic carbocycles. The Hall–Kier alpha value is 1.25. The molecule has 1 N–H and O–H groups in total. The molecule has 0 aromatic heterocycles. The maximum absolute atomic E-state index is 7.82. The van der Waals surface area contributed by atoms with Crippen molar-refractivity contribution in [2.45, 2.75) is 12.5 Å². The normalized spacial score (nSPS) is 12.6. The van der Waals surface area contributed by atoms with Gasteiger partial charge in [0.25, 0.3) is 0 Å². The van der Waals surface area contributed by atoms with Gasteiger partial charge in [0.1, 0.15) is 5.56 Å². The third kappa shape index (κ3) is 35.5. The van der Waals surface area contributed by atoms with Crippen molar-refractivity contribution in [3.05, 3.63) is 0 Å². The van der Waals surface area contributed by atoms with Gasteiger partial charge in [-0.1, -0.05) is 11.6 Å². The Kier molecular flexibility index (Phi) is 10.0. The summed E-state index contributed by atoms with van der Waals surface area (Å²) in [6.07, 6.45) is 0. The van der Waals surface area contributed by atoms with Crippen molar-refractivity contribution in [3.8, 4) is 0 Å². The van der Waals surface area contributed by atoms with Crippen LogP contribution in [-0.2, 0) is 0 Å². The van der Waals surface area contributed by atoms with Gasteiger partial charge in [0.2, 0.25) is 0 Å². The van der Waals surface area contributed by atoms with E-state index in [0.717, 1.165) is 0 Å². The largest absolute Gasteiger partial charge is 0.378 e. The van der Waals surface area contributed by atoms with Crippen molar-refractivity contribution in [2.75, 3.05) is 0 Å². The Labute approximate surface area is 58.6 Å². The minimum Gasteiger partial charge on any atom is -0.378 e. The fraction of sp³-hybridized carbons (Fsp3) is 1.00. The predicted octanol–water partition coefficient (Wildman–Crippen LogP) is 0.183. The third-order valence-electron chi connectivity index (χ3n) is 0. The van der Waals surface area contributed by atoms with Crippen molar-refractivity contribution in [2.24, 2.45) is 0 Å². The summed E-state index contributed by atoms with van der Waals surface area (Å²) in [7, 11) is 0. The number of rotatable bonds is 0. The SMILES string of the molecule is CC(O)Cl.[Na]. The first-order valence-electron chi connectivity index (χ1n) is 1.05. The maximum Gasteiger partial charge on any atom is 0.125 e. The molecule has 0 heterocycles. The zero-order valence-electron chi connectivity index (χ0n) is 3.40. The Morgan fingerprint density at radius 1 is 1.80 bits per heavy atom. The van der Waals surface area contributed by atoms with Crippen LogP contribution in [0.5, 0.6) is 0 Å². The fourth-order valence-electron chi connectivity index (χ4n) is 0. The van der Waals surface area contributed by atoms with Crippen LogP contribution in [0.15, 0.2) is 0 Å². The third-order valence-corrected chi connectivity index (χ3v) is 0. The van der Waals surface area contributed by atoms with Gasteiger partial charge in [0.15, 0.2) is 0 Å². The first-order valence-corrected chi connectivity index (χ1v) is 1.49. The van der Waals surface area contributed by atoms with E-state index in [1.165, 1.54) is 6.92 Å². The van der Waals surface area contributed by atoms with Gasteiger partial charge >= 0.3 is 0 Å². The van der Waals surface area contributed by atoms with Crippen LogP contribution in [0.2, 0.25) is 0 Å². The van der Waals surface area contributed by atoms with E-state index in [2.05, 4.69) is 0 Å². The molecule has 0 amide bonds. The average molecular weight is 104 g/mol. The zero-order valence-corrected chi connectivity index (χ0v) is 6.16. The molecule has 0 fully saturated rings. The standard InChI is InChI=1S/C2H5ClO.Na/c1-2(3)4;/h2,4H,1H3;. The molecule has 5 heavy (non-hydrogen) atoms. The first kappa shape index (κ1) is 9.54. The smallest absolute Gasteiger partial charge is 0.125 e. The number of hydrogen-bond acceptors (Lipinski definition) is 1. The van der Waals surface area contributed by atoms with Crippen LogP contribution >= 0.6 is 11.6 Å². The molecule has 0 spiro atoms. The van der Waals surface area contributed by atoms with Crippen LogP contribution in [0.3, 0.4) is 0 Å². The minimum atomic E-state index is -0.694. The fourth-order valence-corrected chi connectivity index (χ4v) is 0.